The number of hydrogen-bond acceptors (Lipinski definition) is 4. The van der Waals surface area contributed by atoms with E-state index in [1.807, 2.05) is 43.5 Å². The van der Waals surface area contributed by atoms with Crippen molar-refractivity contribution in [2.24, 2.45) is 0 Å². The van der Waals surface area contributed by atoms with Crippen LogP contribution in [-0.4, -0.2) is 15.3 Å². The van der Waals surface area contributed by atoms with Crippen LogP contribution in [0, 0.1) is 25.2 Å². The summed E-state index contributed by atoms with van der Waals surface area (Å²) in [7, 11) is 0. The molecule has 7 heteroatoms. The van der Waals surface area contributed by atoms with Gasteiger partial charge in [0.1, 0.15) is 11.6 Å². The van der Waals surface area contributed by atoms with Crippen molar-refractivity contribution in [3.63, 3.8) is 0 Å². The highest BCUT2D eigenvalue weighted by Crippen LogP contribution is 2.24. The lowest BCUT2D eigenvalue weighted by Gasteiger charge is -2.10. The molecule has 3 rings (SSSR count). The molecule has 0 aliphatic carbocycles. The highest BCUT2D eigenvalue weighted by atomic mass is 35.5. The van der Waals surface area contributed by atoms with Gasteiger partial charge in [-0.25, -0.2) is 4.98 Å². The van der Waals surface area contributed by atoms with Gasteiger partial charge in [0.25, 0.3) is 5.91 Å². The Kier molecular flexibility index (Phi) is 4.38. The Morgan fingerprint density at radius 2 is 2.12 bits per heavy atom. The molecule has 3 aromatic rings. The molecular weight excluding hydrogens is 344 g/mol. The Balaban J connectivity index is 1.97. The van der Waals surface area contributed by atoms with Crippen LogP contribution in [-0.2, 0) is 4.79 Å². The third-order valence-corrected chi connectivity index (χ3v) is 4.65. The summed E-state index contributed by atoms with van der Waals surface area (Å²) in [5, 5.41) is 14.3. The molecule has 0 aliphatic rings. The van der Waals surface area contributed by atoms with Crippen LogP contribution in [0.25, 0.3) is 11.0 Å². The number of carbonyl (C=O) groups is 1. The summed E-state index contributed by atoms with van der Waals surface area (Å²) >= 11 is 7.54. The molecule has 2 heterocycles. The second kappa shape index (κ2) is 6.48. The van der Waals surface area contributed by atoms with Gasteiger partial charge in [0.15, 0.2) is 10.1 Å². The number of rotatable bonds is 3. The molecule has 0 radical (unpaired) electrons. The standard InChI is InChI=1S/C17H13ClN4OS/c1-10-4-3-5-11(2)14(10)20-16(23)12(9-19)8-13-15(18)21-17-22(13)6-7-24-17/h3-8H,1-2H3,(H,20,23)/b12-8+. The van der Waals surface area contributed by atoms with E-state index in [0.29, 0.717) is 16.3 Å². The fraction of sp³-hybridized carbons (Fsp3) is 0.118. The highest BCUT2D eigenvalue weighted by molar-refractivity contribution is 7.15. The first-order valence-electron chi connectivity index (χ1n) is 7.11. The van der Waals surface area contributed by atoms with Crippen LogP contribution in [0.15, 0.2) is 35.3 Å². The molecule has 1 amide bonds. The van der Waals surface area contributed by atoms with Gasteiger partial charge < -0.3 is 5.32 Å². The SMILES string of the molecule is Cc1cccc(C)c1NC(=O)/C(C#N)=C/c1c(Cl)nc2sccn12. The number of aromatic nitrogens is 2. The summed E-state index contributed by atoms with van der Waals surface area (Å²) in [5.41, 5.74) is 3.06. The van der Waals surface area contributed by atoms with Crippen molar-refractivity contribution in [1.82, 2.24) is 9.38 Å². The molecule has 0 fully saturated rings. The van der Waals surface area contributed by atoms with Crippen LogP contribution < -0.4 is 5.32 Å². The number of halogens is 1. The Hall–Kier alpha value is -2.62. The molecule has 0 spiro atoms. The van der Waals surface area contributed by atoms with E-state index in [1.165, 1.54) is 17.4 Å². The molecule has 0 aliphatic heterocycles. The lowest BCUT2D eigenvalue weighted by atomic mass is 10.1. The van der Waals surface area contributed by atoms with Crippen LogP contribution in [0.3, 0.4) is 0 Å². The maximum absolute atomic E-state index is 12.5. The van der Waals surface area contributed by atoms with Crippen molar-refractivity contribution < 1.29 is 4.79 Å². The van der Waals surface area contributed by atoms with E-state index >= 15 is 0 Å². The molecule has 1 N–H and O–H groups in total. The molecule has 120 valence electrons. The number of nitrogens with zero attached hydrogens (tertiary/aromatic N) is 3. The zero-order valence-corrected chi connectivity index (χ0v) is 14.6. The molecule has 5 nitrogen and oxygen atoms in total. The first-order chi connectivity index (χ1) is 11.5. The van der Waals surface area contributed by atoms with Gasteiger partial charge in [-0.3, -0.25) is 9.20 Å². The van der Waals surface area contributed by atoms with Gasteiger partial charge in [-0.2, -0.15) is 5.26 Å². The van der Waals surface area contributed by atoms with E-state index in [9.17, 15) is 10.1 Å². The molecule has 0 saturated carbocycles. The third-order valence-electron chi connectivity index (χ3n) is 3.62. The third kappa shape index (κ3) is 2.92. The Morgan fingerprint density at radius 1 is 1.42 bits per heavy atom. The van der Waals surface area contributed by atoms with Crippen LogP contribution >= 0.6 is 22.9 Å². The van der Waals surface area contributed by atoms with Gasteiger partial charge in [-0.15, -0.1) is 11.3 Å². The lowest BCUT2D eigenvalue weighted by molar-refractivity contribution is -0.112. The van der Waals surface area contributed by atoms with E-state index in [0.717, 1.165) is 11.1 Å². The Bertz CT molecular complexity index is 989. The Labute approximate surface area is 147 Å². The monoisotopic (exact) mass is 356 g/mol. The zero-order chi connectivity index (χ0) is 17.3. The summed E-state index contributed by atoms with van der Waals surface area (Å²) in [4.78, 5) is 17.4. The van der Waals surface area contributed by atoms with Gasteiger partial charge in [0.05, 0.1) is 5.69 Å². The smallest absolute Gasteiger partial charge is 0.266 e. The number of nitrogens with one attached hydrogen (secondary N) is 1. The molecule has 0 unspecified atom stereocenters. The lowest BCUT2D eigenvalue weighted by Crippen LogP contribution is -2.15. The number of para-hydroxylation sites is 1. The number of carbonyl (C=O) groups excluding carboxylic acids is 1. The van der Waals surface area contributed by atoms with E-state index < -0.39 is 5.91 Å². The number of thiazole rings is 1. The maximum Gasteiger partial charge on any atom is 0.266 e. The number of aryl methyl sites for hydroxylation is 2. The largest absolute Gasteiger partial charge is 0.321 e. The predicted octanol–water partition coefficient (Wildman–Crippen LogP) is 4.21. The molecule has 1 aromatic carbocycles. The topological polar surface area (TPSA) is 70.2 Å². The molecule has 0 saturated heterocycles. The van der Waals surface area contributed by atoms with Gasteiger partial charge in [-0.05, 0) is 31.1 Å². The number of amides is 1. The van der Waals surface area contributed by atoms with Crippen molar-refractivity contribution in [1.29, 1.82) is 5.26 Å². The minimum Gasteiger partial charge on any atom is -0.321 e. The van der Waals surface area contributed by atoms with Gasteiger partial charge >= 0.3 is 0 Å². The maximum atomic E-state index is 12.5. The summed E-state index contributed by atoms with van der Waals surface area (Å²) in [6.07, 6.45) is 3.25. The van der Waals surface area contributed by atoms with Gasteiger partial charge in [0, 0.05) is 17.3 Å². The van der Waals surface area contributed by atoms with Crippen molar-refractivity contribution in [2.45, 2.75) is 13.8 Å². The fourth-order valence-electron chi connectivity index (χ4n) is 2.38. The van der Waals surface area contributed by atoms with Crippen molar-refractivity contribution in [2.75, 3.05) is 5.32 Å². The summed E-state index contributed by atoms with van der Waals surface area (Å²) in [5.74, 6) is -0.476. The number of fused-ring (bicyclic) bond motifs is 1. The Morgan fingerprint density at radius 3 is 2.79 bits per heavy atom. The normalized spacial score (nSPS) is 11.5. The number of benzene rings is 1. The average Bonchev–Trinajstić information content (AvgIpc) is 3.10. The molecular formula is C17H13ClN4OS. The van der Waals surface area contributed by atoms with Crippen molar-refractivity contribution >= 4 is 45.6 Å². The van der Waals surface area contributed by atoms with Crippen LogP contribution in [0.1, 0.15) is 16.8 Å². The van der Waals surface area contributed by atoms with E-state index in [4.69, 9.17) is 11.6 Å². The van der Waals surface area contributed by atoms with Crippen LogP contribution in [0.5, 0.6) is 0 Å². The highest BCUT2D eigenvalue weighted by Gasteiger charge is 2.16. The summed E-state index contributed by atoms with van der Waals surface area (Å²) in [6, 6.07) is 7.66. The summed E-state index contributed by atoms with van der Waals surface area (Å²) in [6.45, 7) is 3.81. The second-order valence-electron chi connectivity index (χ2n) is 5.23. The van der Waals surface area contributed by atoms with E-state index in [1.54, 1.807) is 10.6 Å². The number of imidazole rings is 1. The van der Waals surface area contributed by atoms with Crippen LogP contribution in [0.2, 0.25) is 5.15 Å². The fourth-order valence-corrected chi connectivity index (χ4v) is 3.38. The first kappa shape index (κ1) is 16.2. The number of anilines is 1. The minimum atomic E-state index is -0.476. The van der Waals surface area contributed by atoms with Crippen LogP contribution in [0.4, 0.5) is 5.69 Å². The quantitative estimate of drug-likeness (QED) is 0.564. The average molecular weight is 357 g/mol. The zero-order valence-electron chi connectivity index (χ0n) is 13.0. The molecule has 24 heavy (non-hydrogen) atoms. The number of nitriles is 1. The minimum absolute atomic E-state index is 0.0347. The summed E-state index contributed by atoms with van der Waals surface area (Å²) < 4.78 is 1.75. The first-order valence-corrected chi connectivity index (χ1v) is 8.37. The number of hydrogen-bond donors (Lipinski definition) is 1. The van der Waals surface area contributed by atoms with E-state index in [2.05, 4.69) is 10.3 Å². The molecule has 0 atom stereocenters. The second-order valence-corrected chi connectivity index (χ2v) is 6.47. The van der Waals surface area contributed by atoms with Gasteiger partial charge in [0.2, 0.25) is 0 Å². The van der Waals surface area contributed by atoms with Crippen molar-refractivity contribution in [3.8, 4) is 6.07 Å². The van der Waals surface area contributed by atoms with Gasteiger partial charge in [-0.1, -0.05) is 29.8 Å². The van der Waals surface area contributed by atoms with E-state index in [-0.39, 0.29) is 10.7 Å². The predicted molar refractivity (Wildman–Crippen MR) is 96.2 cm³/mol. The van der Waals surface area contributed by atoms with Crippen molar-refractivity contribution in [3.05, 3.63) is 57.3 Å². The molecule has 2 aromatic heterocycles. The molecule has 0 bridgehead atoms.